The van der Waals surface area contributed by atoms with Gasteiger partial charge in [-0.05, 0) is 18.8 Å². The summed E-state index contributed by atoms with van der Waals surface area (Å²) in [6, 6.07) is 0. The molecule has 0 bridgehead atoms. The molecular formula is C13H26BrNO2. The lowest BCUT2D eigenvalue weighted by atomic mass is 10.1. The van der Waals surface area contributed by atoms with E-state index in [1.807, 2.05) is 0 Å². The van der Waals surface area contributed by atoms with Gasteiger partial charge >= 0.3 is 0 Å². The minimum Gasteiger partial charge on any atom is -0.380 e. The molecule has 0 radical (unpaired) electrons. The number of ether oxygens (including phenoxy) is 2. The van der Waals surface area contributed by atoms with Gasteiger partial charge in [0.25, 0.3) is 0 Å². The van der Waals surface area contributed by atoms with Crippen LogP contribution in [0.2, 0.25) is 0 Å². The Balaban J connectivity index is 1.99. The molecule has 1 saturated heterocycles. The van der Waals surface area contributed by atoms with E-state index in [1.54, 1.807) is 0 Å². The topological polar surface area (TPSA) is 21.7 Å². The molecule has 0 unspecified atom stereocenters. The fourth-order valence-corrected chi connectivity index (χ4v) is 2.21. The maximum atomic E-state index is 5.73. The number of alkyl halides is 1. The van der Waals surface area contributed by atoms with Crippen LogP contribution in [0, 0.1) is 5.92 Å². The van der Waals surface area contributed by atoms with Gasteiger partial charge in [-0.3, -0.25) is 0 Å². The summed E-state index contributed by atoms with van der Waals surface area (Å²) in [7, 11) is 0. The van der Waals surface area contributed by atoms with E-state index in [9.17, 15) is 0 Å². The Hall–Kier alpha value is 0.360. The van der Waals surface area contributed by atoms with Crippen molar-refractivity contribution in [2.45, 2.75) is 32.8 Å². The van der Waals surface area contributed by atoms with Crippen molar-refractivity contribution in [1.29, 1.82) is 0 Å². The van der Waals surface area contributed by atoms with Gasteiger partial charge in [0.2, 0.25) is 0 Å². The molecule has 0 saturated carbocycles. The van der Waals surface area contributed by atoms with Crippen LogP contribution in [-0.4, -0.2) is 55.8 Å². The van der Waals surface area contributed by atoms with Crippen LogP contribution in [0.25, 0.3) is 0 Å². The normalized spacial score (nSPS) is 19.1. The highest BCUT2D eigenvalue weighted by Gasteiger charge is 2.18. The quantitative estimate of drug-likeness (QED) is 0.508. The molecule has 1 aliphatic rings. The van der Waals surface area contributed by atoms with Gasteiger partial charge in [-0.1, -0.05) is 29.8 Å². The fourth-order valence-electron chi connectivity index (χ4n) is 2.02. The van der Waals surface area contributed by atoms with Crippen molar-refractivity contribution in [1.82, 2.24) is 4.90 Å². The highest BCUT2D eigenvalue weighted by atomic mass is 79.9. The lowest BCUT2D eigenvalue weighted by Gasteiger charge is -2.31. The summed E-state index contributed by atoms with van der Waals surface area (Å²) in [6.07, 6.45) is 2.80. The van der Waals surface area contributed by atoms with E-state index >= 15 is 0 Å². The summed E-state index contributed by atoms with van der Waals surface area (Å²) in [6.45, 7) is 10.3. The van der Waals surface area contributed by atoms with E-state index in [1.165, 1.54) is 0 Å². The van der Waals surface area contributed by atoms with E-state index in [4.69, 9.17) is 9.47 Å². The first-order chi connectivity index (χ1) is 8.22. The van der Waals surface area contributed by atoms with E-state index in [0.717, 1.165) is 57.6 Å². The Morgan fingerprint density at radius 1 is 1.24 bits per heavy atom. The van der Waals surface area contributed by atoms with Crippen molar-refractivity contribution < 1.29 is 9.47 Å². The van der Waals surface area contributed by atoms with Crippen LogP contribution in [-0.2, 0) is 9.47 Å². The lowest BCUT2D eigenvalue weighted by Crippen LogP contribution is -2.39. The molecule has 0 aliphatic carbocycles. The summed E-state index contributed by atoms with van der Waals surface area (Å²) in [4.78, 5) is 2.48. The third-order valence-corrected chi connectivity index (χ3v) is 3.29. The fraction of sp³-hybridized carbons (Fsp3) is 1.00. The Morgan fingerprint density at radius 3 is 2.53 bits per heavy atom. The van der Waals surface area contributed by atoms with Gasteiger partial charge in [0.05, 0.1) is 19.3 Å². The van der Waals surface area contributed by atoms with Crippen molar-refractivity contribution in [3.05, 3.63) is 0 Å². The third-order valence-electron chi connectivity index (χ3n) is 2.97. The van der Waals surface area contributed by atoms with Crippen LogP contribution in [0.5, 0.6) is 0 Å². The summed E-state index contributed by atoms with van der Waals surface area (Å²) < 4.78 is 11.3. The first-order valence-corrected chi connectivity index (χ1v) is 7.82. The molecule has 4 heteroatoms. The molecule has 1 fully saturated rings. The monoisotopic (exact) mass is 307 g/mol. The third kappa shape index (κ3) is 7.39. The Kier molecular flexibility index (Phi) is 8.44. The molecule has 0 aromatic heterocycles. The average Bonchev–Trinajstić information content (AvgIpc) is 2.33. The van der Waals surface area contributed by atoms with Crippen molar-refractivity contribution in [2.75, 3.05) is 44.8 Å². The maximum Gasteiger partial charge on any atom is 0.0599 e. The second kappa shape index (κ2) is 9.31. The first-order valence-electron chi connectivity index (χ1n) is 6.70. The molecule has 0 spiro atoms. The Bertz CT molecular complexity index is 182. The van der Waals surface area contributed by atoms with E-state index in [0.29, 0.717) is 12.0 Å². The van der Waals surface area contributed by atoms with Crippen molar-refractivity contribution >= 4 is 15.9 Å². The minimum absolute atomic E-state index is 0.473. The largest absolute Gasteiger partial charge is 0.380 e. The van der Waals surface area contributed by atoms with E-state index in [-0.39, 0.29) is 0 Å². The van der Waals surface area contributed by atoms with Crippen molar-refractivity contribution in [3.8, 4) is 0 Å². The molecule has 0 atom stereocenters. The number of hydrogen-bond acceptors (Lipinski definition) is 3. The number of piperidine rings is 1. The molecule has 1 rings (SSSR count). The molecule has 1 heterocycles. The van der Waals surface area contributed by atoms with Crippen LogP contribution >= 0.6 is 15.9 Å². The van der Waals surface area contributed by atoms with E-state index in [2.05, 4.69) is 34.7 Å². The lowest BCUT2D eigenvalue weighted by molar-refractivity contribution is 0.00678. The zero-order valence-electron chi connectivity index (χ0n) is 11.2. The number of hydrogen-bond donors (Lipinski definition) is 0. The van der Waals surface area contributed by atoms with Gasteiger partial charge < -0.3 is 14.4 Å². The van der Waals surface area contributed by atoms with Crippen LogP contribution in [0.1, 0.15) is 26.7 Å². The Labute approximate surface area is 114 Å². The average molecular weight is 308 g/mol. The summed E-state index contributed by atoms with van der Waals surface area (Å²) in [5, 5.41) is 0.941. The van der Waals surface area contributed by atoms with Gasteiger partial charge in [-0.25, -0.2) is 0 Å². The van der Waals surface area contributed by atoms with Crippen LogP contribution in [0.15, 0.2) is 0 Å². The van der Waals surface area contributed by atoms with Gasteiger partial charge in [-0.2, -0.15) is 0 Å². The summed E-state index contributed by atoms with van der Waals surface area (Å²) in [5.41, 5.74) is 0. The number of halogens is 1. The minimum atomic E-state index is 0.473. The molecular weight excluding hydrogens is 282 g/mol. The molecule has 1 aliphatic heterocycles. The predicted octanol–water partition coefficient (Wildman–Crippen LogP) is 2.53. The zero-order chi connectivity index (χ0) is 12.5. The maximum absolute atomic E-state index is 5.73. The highest BCUT2D eigenvalue weighted by Crippen LogP contribution is 2.13. The smallest absolute Gasteiger partial charge is 0.0599 e. The molecule has 0 aromatic carbocycles. The van der Waals surface area contributed by atoms with Crippen LogP contribution < -0.4 is 0 Å². The summed E-state index contributed by atoms with van der Waals surface area (Å²) >= 11 is 3.39. The molecule has 0 N–H and O–H groups in total. The van der Waals surface area contributed by atoms with Crippen molar-refractivity contribution in [3.63, 3.8) is 0 Å². The highest BCUT2D eigenvalue weighted by molar-refractivity contribution is 9.09. The van der Waals surface area contributed by atoms with Gasteiger partial charge in [-0.15, -0.1) is 0 Å². The molecule has 3 nitrogen and oxygen atoms in total. The second-order valence-corrected chi connectivity index (χ2v) is 5.86. The van der Waals surface area contributed by atoms with Gasteiger partial charge in [0, 0.05) is 31.6 Å². The molecule has 17 heavy (non-hydrogen) atoms. The molecule has 0 amide bonds. The second-order valence-electron chi connectivity index (χ2n) is 5.07. The SMILES string of the molecule is CC(C)COCCN1CCC(OCCBr)CC1. The molecule has 0 aromatic rings. The standard InChI is InChI=1S/C13H26BrNO2/c1-12(2)11-16-10-8-15-6-3-13(4-7-15)17-9-5-14/h12-13H,3-11H2,1-2H3. The number of likely N-dealkylation sites (tertiary alicyclic amines) is 1. The van der Waals surface area contributed by atoms with Gasteiger partial charge in [0.1, 0.15) is 0 Å². The summed E-state index contributed by atoms with van der Waals surface area (Å²) in [5.74, 6) is 0.637. The van der Waals surface area contributed by atoms with Gasteiger partial charge in [0.15, 0.2) is 0 Å². The molecule has 102 valence electrons. The zero-order valence-corrected chi connectivity index (χ0v) is 12.7. The Morgan fingerprint density at radius 2 is 1.94 bits per heavy atom. The predicted molar refractivity (Wildman–Crippen MR) is 74.9 cm³/mol. The van der Waals surface area contributed by atoms with Crippen LogP contribution in [0.3, 0.4) is 0 Å². The number of nitrogens with zero attached hydrogens (tertiary/aromatic N) is 1. The first kappa shape index (κ1) is 15.4. The van der Waals surface area contributed by atoms with Crippen molar-refractivity contribution in [2.24, 2.45) is 5.92 Å². The van der Waals surface area contributed by atoms with E-state index < -0.39 is 0 Å². The van der Waals surface area contributed by atoms with Crippen LogP contribution in [0.4, 0.5) is 0 Å². The number of rotatable bonds is 8.